The Morgan fingerprint density at radius 2 is 1.48 bits per heavy atom. The molecule has 0 spiro atoms. The van der Waals surface area contributed by atoms with E-state index < -0.39 is 10.0 Å². The van der Waals surface area contributed by atoms with Gasteiger partial charge in [0.15, 0.2) is 0 Å². The van der Waals surface area contributed by atoms with Crippen LogP contribution in [0.3, 0.4) is 0 Å². The number of amides is 1. The maximum absolute atomic E-state index is 13.1. The van der Waals surface area contributed by atoms with Gasteiger partial charge in [-0.25, -0.2) is 8.42 Å². The van der Waals surface area contributed by atoms with Crippen molar-refractivity contribution in [3.8, 4) is 0 Å². The van der Waals surface area contributed by atoms with E-state index in [0.29, 0.717) is 18.7 Å². The lowest BCUT2D eigenvalue weighted by Gasteiger charge is -2.27. The minimum Gasteiger partial charge on any atom is -0.312 e. The first kappa shape index (κ1) is 21.4. The molecule has 1 amide bonds. The van der Waals surface area contributed by atoms with Crippen LogP contribution in [-0.2, 0) is 14.8 Å². The Morgan fingerprint density at radius 1 is 0.897 bits per heavy atom. The SMILES string of the molecule is CC(C)c1cccc(C(C)C)c1NS(=O)(=O)c1ccc(N2CCCCC2=O)cc1. The molecular weight excluding hydrogens is 384 g/mol. The lowest BCUT2D eigenvalue weighted by atomic mass is 9.93. The molecule has 156 valence electrons. The maximum Gasteiger partial charge on any atom is 0.261 e. The van der Waals surface area contributed by atoms with E-state index in [4.69, 9.17) is 0 Å². The molecule has 2 aromatic rings. The summed E-state index contributed by atoms with van der Waals surface area (Å²) in [6.45, 7) is 8.91. The fourth-order valence-corrected chi connectivity index (χ4v) is 4.86. The summed E-state index contributed by atoms with van der Waals surface area (Å²) in [7, 11) is -3.74. The fraction of sp³-hybridized carbons (Fsp3) is 0.435. The molecule has 6 heteroatoms. The largest absolute Gasteiger partial charge is 0.312 e. The van der Waals surface area contributed by atoms with E-state index in [1.807, 2.05) is 18.2 Å². The number of nitrogens with one attached hydrogen (secondary N) is 1. The predicted octanol–water partition coefficient (Wildman–Crippen LogP) is 5.25. The highest BCUT2D eigenvalue weighted by atomic mass is 32.2. The van der Waals surface area contributed by atoms with E-state index in [9.17, 15) is 13.2 Å². The summed E-state index contributed by atoms with van der Waals surface area (Å²) < 4.78 is 29.1. The van der Waals surface area contributed by atoms with Crippen molar-refractivity contribution in [1.82, 2.24) is 0 Å². The maximum atomic E-state index is 13.1. The molecule has 0 bridgehead atoms. The Kier molecular flexibility index (Phi) is 6.32. The Bertz CT molecular complexity index is 953. The Hall–Kier alpha value is -2.34. The average molecular weight is 415 g/mol. The van der Waals surface area contributed by atoms with Gasteiger partial charge in [-0.05, 0) is 60.1 Å². The average Bonchev–Trinajstić information content (AvgIpc) is 2.68. The van der Waals surface area contributed by atoms with Crippen molar-refractivity contribution in [1.29, 1.82) is 0 Å². The number of nitrogens with zero attached hydrogens (tertiary/aromatic N) is 1. The summed E-state index contributed by atoms with van der Waals surface area (Å²) in [5.41, 5.74) is 3.39. The van der Waals surface area contributed by atoms with Crippen LogP contribution < -0.4 is 9.62 Å². The van der Waals surface area contributed by atoms with Gasteiger partial charge in [0, 0.05) is 18.7 Å². The van der Waals surface area contributed by atoms with Crippen LogP contribution >= 0.6 is 0 Å². The highest BCUT2D eigenvalue weighted by Gasteiger charge is 2.23. The van der Waals surface area contributed by atoms with Crippen LogP contribution in [0.1, 0.15) is 69.9 Å². The van der Waals surface area contributed by atoms with Crippen molar-refractivity contribution < 1.29 is 13.2 Å². The molecule has 2 aromatic carbocycles. The van der Waals surface area contributed by atoms with Gasteiger partial charge >= 0.3 is 0 Å². The minimum absolute atomic E-state index is 0.0948. The van der Waals surface area contributed by atoms with Crippen LogP contribution in [0.2, 0.25) is 0 Å². The molecule has 0 unspecified atom stereocenters. The molecule has 1 heterocycles. The number of hydrogen-bond acceptors (Lipinski definition) is 3. The number of sulfonamides is 1. The van der Waals surface area contributed by atoms with Crippen molar-refractivity contribution in [2.45, 2.75) is 63.7 Å². The highest BCUT2D eigenvalue weighted by Crippen LogP contribution is 2.34. The van der Waals surface area contributed by atoms with Gasteiger partial charge in [0.1, 0.15) is 0 Å². The third-order valence-electron chi connectivity index (χ3n) is 5.39. The summed E-state index contributed by atoms with van der Waals surface area (Å²) in [5.74, 6) is 0.482. The van der Waals surface area contributed by atoms with Crippen LogP contribution in [0.15, 0.2) is 47.4 Å². The first-order chi connectivity index (χ1) is 13.7. The number of carbonyl (C=O) groups excluding carboxylic acids is 1. The topological polar surface area (TPSA) is 66.5 Å². The minimum atomic E-state index is -3.74. The summed E-state index contributed by atoms with van der Waals surface area (Å²) in [6.07, 6.45) is 2.43. The van der Waals surface area contributed by atoms with Crippen LogP contribution in [0.4, 0.5) is 11.4 Å². The van der Waals surface area contributed by atoms with Crippen molar-refractivity contribution >= 4 is 27.3 Å². The highest BCUT2D eigenvalue weighted by molar-refractivity contribution is 7.92. The zero-order valence-corrected chi connectivity index (χ0v) is 18.4. The van der Waals surface area contributed by atoms with E-state index in [1.54, 1.807) is 29.2 Å². The molecule has 3 rings (SSSR count). The zero-order chi connectivity index (χ0) is 21.2. The van der Waals surface area contributed by atoms with Crippen molar-refractivity contribution in [2.75, 3.05) is 16.2 Å². The first-order valence-corrected chi connectivity index (χ1v) is 11.7. The van der Waals surface area contributed by atoms with E-state index in [-0.39, 0.29) is 22.6 Å². The molecule has 1 saturated heterocycles. The van der Waals surface area contributed by atoms with Crippen LogP contribution in [0.25, 0.3) is 0 Å². The molecule has 0 aromatic heterocycles. The molecule has 0 aliphatic carbocycles. The fourth-order valence-electron chi connectivity index (χ4n) is 3.75. The van der Waals surface area contributed by atoms with E-state index in [0.717, 1.165) is 29.7 Å². The lowest BCUT2D eigenvalue weighted by Crippen LogP contribution is -2.35. The predicted molar refractivity (Wildman–Crippen MR) is 118 cm³/mol. The van der Waals surface area contributed by atoms with Gasteiger partial charge in [0.05, 0.1) is 10.6 Å². The van der Waals surface area contributed by atoms with Crippen LogP contribution in [-0.4, -0.2) is 20.9 Å². The molecule has 0 atom stereocenters. The van der Waals surface area contributed by atoms with Gasteiger partial charge in [0.25, 0.3) is 10.0 Å². The normalized spacial score (nSPS) is 15.2. The zero-order valence-electron chi connectivity index (χ0n) is 17.6. The summed E-state index contributed by atoms with van der Waals surface area (Å²) in [4.78, 5) is 14.0. The van der Waals surface area contributed by atoms with Crippen molar-refractivity contribution in [2.24, 2.45) is 0 Å². The molecule has 1 aliphatic rings. The summed E-state index contributed by atoms with van der Waals surface area (Å²) in [5, 5.41) is 0. The second-order valence-electron chi connectivity index (χ2n) is 8.22. The molecule has 1 N–H and O–H groups in total. The molecule has 1 aliphatic heterocycles. The quantitative estimate of drug-likeness (QED) is 0.702. The van der Waals surface area contributed by atoms with E-state index in [2.05, 4.69) is 32.4 Å². The van der Waals surface area contributed by atoms with Gasteiger partial charge < -0.3 is 4.90 Å². The number of rotatable bonds is 6. The van der Waals surface area contributed by atoms with Crippen molar-refractivity contribution in [3.63, 3.8) is 0 Å². The standard InChI is InChI=1S/C23H30N2O3S/c1-16(2)20-8-7-9-21(17(3)4)23(20)24-29(27,28)19-13-11-18(12-14-19)25-15-6-5-10-22(25)26/h7-9,11-14,16-17,24H,5-6,10,15H2,1-4H3. The monoisotopic (exact) mass is 414 g/mol. The Labute approximate surface area is 174 Å². The van der Waals surface area contributed by atoms with Gasteiger partial charge in [-0.2, -0.15) is 0 Å². The molecule has 29 heavy (non-hydrogen) atoms. The molecule has 0 saturated carbocycles. The third-order valence-corrected chi connectivity index (χ3v) is 6.76. The first-order valence-electron chi connectivity index (χ1n) is 10.3. The number of piperidine rings is 1. The van der Waals surface area contributed by atoms with Gasteiger partial charge in [-0.15, -0.1) is 0 Å². The second kappa shape index (κ2) is 8.57. The van der Waals surface area contributed by atoms with E-state index in [1.165, 1.54) is 0 Å². The number of carbonyl (C=O) groups is 1. The van der Waals surface area contributed by atoms with Gasteiger partial charge in [-0.3, -0.25) is 9.52 Å². The number of para-hydroxylation sites is 1. The van der Waals surface area contributed by atoms with Gasteiger partial charge in [-0.1, -0.05) is 45.9 Å². The smallest absolute Gasteiger partial charge is 0.261 e. The molecule has 0 radical (unpaired) electrons. The second-order valence-corrected chi connectivity index (χ2v) is 9.91. The molecular formula is C23H30N2O3S. The third kappa shape index (κ3) is 4.64. The number of benzene rings is 2. The summed E-state index contributed by atoms with van der Waals surface area (Å²) in [6, 6.07) is 12.5. The van der Waals surface area contributed by atoms with Crippen molar-refractivity contribution in [3.05, 3.63) is 53.6 Å². The molecule has 1 fully saturated rings. The van der Waals surface area contributed by atoms with Gasteiger partial charge in [0.2, 0.25) is 5.91 Å². The van der Waals surface area contributed by atoms with Crippen LogP contribution in [0, 0.1) is 0 Å². The Balaban J connectivity index is 1.92. The van der Waals surface area contributed by atoms with Crippen LogP contribution in [0.5, 0.6) is 0 Å². The lowest BCUT2D eigenvalue weighted by molar-refractivity contribution is -0.119. The Morgan fingerprint density at radius 3 is 2.00 bits per heavy atom. The summed E-state index contributed by atoms with van der Waals surface area (Å²) >= 11 is 0. The number of anilines is 2. The molecule has 5 nitrogen and oxygen atoms in total. The van der Waals surface area contributed by atoms with E-state index >= 15 is 0 Å². The number of hydrogen-bond donors (Lipinski definition) is 1.